The second-order valence-corrected chi connectivity index (χ2v) is 7.41. The van der Waals surface area contributed by atoms with Gasteiger partial charge in [-0.05, 0) is 56.0 Å². The van der Waals surface area contributed by atoms with Gasteiger partial charge in [0.05, 0.1) is 11.0 Å². The molecule has 144 valence electrons. The Morgan fingerprint density at radius 1 is 1.25 bits per heavy atom. The first-order valence-electron chi connectivity index (χ1n) is 9.67. The predicted molar refractivity (Wildman–Crippen MR) is 109 cm³/mol. The van der Waals surface area contributed by atoms with E-state index in [2.05, 4.69) is 28.3 Å². The zero-order chi connectivity index (χ0) is 19.7. The van der Waals surface area contributed by atoms with E-state index in [4.69, 9.17) is 0 Å². The van der Waals surface area contributed by atoms with Crippen LogP contribution in [0, 0.1) is 6.92 Å². The van der Waals surface area contributed by atoms with Crippen molar-refractivity contribution in [1.29, 1.82) is 0 Å². The maximum Gasteiger partial charge on any atom is 0.287 e. The van der Waals surface area contributed by atoms with Crippen LogP contribution in [-0.4, -0.2) is 34.4 Å². The lowest BCUT2D eigenvalue weighted by atomic mass is 10.1. The number of aromatic amines is 1. The highest BCUT2D eigenvalue weighted by atomic mass is 16.2. The van der Waals surface area contributed by atoms with Gasteiger partial charge in [0, 0.05) is 24.7 Å². The fourth-order valence-electron chi connectivity index (χ4n) is 3.82. The molecule has 1 aliphatic rings. The van der Waals surface area contributed by atoms with Crippen molar-refractivity contribution >= 4 is 28.5 Å². The molecule has 0 saturated carbocycles. The fourth-order valence-corrected chi connectivity index (χ4v) is 3.82. The first-order chi connectivity index (χ1) is 13.5. The highest BCUT2D eigenvalue weighted by Crippen LogP contribution is 2.32. The molecular formula is C22H24N4O2. The molecule has 0 bridgehead atoms. The van der Waals surface area contributed by atoms with E-state index < -0.39 is 0 Å². The summed E-state index contributed by atoms with van der Waals surface area (Å²) in [5, 5.41) is 2.85. The normalized spacial score (nSPS) is 15.6. The number of carbonyl (C=O) groups excluding carboxylic acids is 2. The van der Waals surface area contributed by atoms with Crippen LogP contribution in [-0.2, 0) is 11.2 Å². The van der Waals surface area contributed by atoms with Gasteiger partial charge in [-0.25, -0.2) is 4.98 Å². The van der Waals surface area contributed by atoms with Crippen LogP contribution >= 0.6 is 0 Å². The molecule has 28 heavy (non-hydrogen) atoms. The van der Waals surface area contributed by atoms with Crippen molar-refractivity contribution in [2.24, 2.45) is 0 Å². The molecular weight excluding hydrogens is 352 g/mol. The van der Waals surface area contributed by atoms with Crippen molar-refractivity contribution in [2.45, 2.75) is 39.2 Å². The number of anilines is 1. The topological polar surface area (TPSA) is 78.1 Å². The molecule has 0 aliphatic carbocycles. The van der Waals surface area contributed by atoms with Crippen molar-refractivity contribution in [2.75, 3.05) is 11.4 Å². The molecule has 1 atom stereocenters. The minimum Gasteiger partial charge on any atom is -0.349 e. The number of hydrogen-bond donors (Lipinski definition) is 2. The Bertz CT molecular complexity index is 1040. The van der Waals surface area contributed by atoms with Crippen LogP contribution in [0.2, 0.25) is 0 Å². The lowest BCUT2D eigenvalue weighted by molar-refractivity contribution is -0.119. The lowest BCUT2D eigenvalue weighted by Gasteiger charge is -2.22. The largest absolute Gasteiger partial charge is 0.349 e. The van der Waals surface area contributed by atoms with Crippen LogP contribution in [0.1, 0.15) is 41.5 Å². The van der Waals surface area contributed by atoms with E-state index in [1.807, 2.05) is 48.2 Å². The van der Waals surface area contributed by atoms with Gasteiger partial charge in [0.25, 0.3) is 5.91 Å². The lowest BCUT2D eigenvalue weighted by Crippen LogP contribution is -2.36. The summed E-state index contributed by atoms with van der Waals surface area (Å²) in [6, 6.07) is 14.1. The van der Waals surface area contributed by atoms with Crippen molar-refractivity contribution in [3.05, 3.63) is 59.4 Å². The van der Waals surface area contributed by atoms with E-state index in [9.17, 15) is 9.59 Å². The minimum absolute atomic E-state index is 0.103. The number of hydrogen-bond acceptors (Lipinski definition) is 3. The summed E-state index contributed by atoms with van der Waals surface area (Å²) in [5.74, 6) is 0.154. The van der Waals surface area contributed by atoms with Gasteiger partial charge in [-0.1, -0.05) is 24.3 Å². The van der Waals surface area contributed by atoms with Crippen molar-refractivity contribution in [3.8, 4) is 0 Å². The molecule has 2 amide bonds. The second kappa shape index (κ2) is 7.46. The highest BCUT2D eigenvalue weighted by molar-refractivity contribution is 5.96. The van der Waals surface area contributed by atoms with Gasteiger partial charge < -0.3 is 15.2 Å². The molecule has 2 heterocycles. The first kappa shape index (κ1) is 18.2. The van der Waals surface area contributed by atoms with E-state index in [1.165, 1.54) is 5.56 Å². The summed E-state index contributed by atoms with van der Waals surface area (Å²) in [5.41, 5.74) is 4.97. The summed E-state index contributed by atoms with van der Waals surface area (Å²) in [4.78, 5) is 34.3. The molecule has 0 fully saturated rings. The van der Waals surface area contributed by atoms with E-state index in [1.54, 1.807) is 0 Å². The Kier molecular flexibility index (Phi) is 4.86. The number of imidazole rings is 1. The van der Waals surface area contributed by atoms with Crippen LogP contribution in [0.25, 0.3) is 11.0 Å². The van der Waals surface area contributed by atoms with E-state index in [0.717, 1.165) is 28.7 Å². The number of fused-ring (bicyclic) bond motifs is 2. The Balaban J connectivity index is 1.30. The minimum atomic E-state index is -0.249. The maximum absolute atomic E-state index is 12.7. The molecule has 3 aromatic rings. The zero-order valence-corrected chi connectivity index (χ0v) is 16.2. The standard InChI is InChI=1S/C22H24N4O2/c1-14-9-10-17-18(12-14)25-21(24-17)22(28)23-11-5-8-20(27)26-15(2)13-16-6-3-4-7-19(16)26/h3-4,6-7,9-10,12,15H,5,8,11,13H2,1-2H3,(H,23,28)(H,24,25)/t15-/m0/s1. The van der Waals surface area contributed by atoms with Gasteiger partial charge in [-0.3, -0.25) is 9.59 Å². The SMILES string of the molecule is Cc1ccc2nc(C(=O)NCCCC(=O)N3c4ccccc4C[C@@H]3C)[nH]c2c1. The van der Waals surface area contributed by atoms with Crippen LogP contribution in [0.3, 0.4) is 0 Å². The summed E-state index contributed by atoms with van der Waals surface area (Å²) in [6.45, 7) is 4.50. The van der Waals surface area contributed by atoms with Gasteiger partial charge >= 0.3 is 0 Å². The van der Waals surface area contributed by atoms with Gasteiger partial charge in [0.1, 0.15) is 0 Å². The Hall–Kier alpha value is -3.15. The fraction of sp³-hybridized carbons (Fsp3) is 0.318. The summed E-state index contributed by atoms with van der Waals surface area (Å²) in [7, 11) is 0. The van der Waals surface area contributed by atoms with Crippen LogP contribution < -0.4 is 10.2 Å². The molecule has 6 nitrogen and oxygen atoms in total. The second-order valence-electron chi connectivity index (χ2n) is 7.41. The summed E-state index contributed by atoms with van der Waals surface area (Å²) in [6.07, 6.45) is 1.89. The molecule has 2 aromatic carbocycles. The average Bonchev–Trinajstić information content (AvgIpc) is 3.24. The molecule has 0 saturated heterocycles. The molecule has 4 rings (SSSR count). The van der Waals surface area contributed by atoms with Crippen LogP contribution in [0.15, 0.2) is 42.5 Å². The Morgan fingerprint density at radius 2 is 2.07 bits per heavy atom. The quantitative estimate of drug-likeness (QED) is 0.670. The van der Waals surface area contributed by atoms with Gasteiger partial charge in [0.2, 0.25) is 5.91 Å². The number of nitrogens with one attached hydrogen (secondary N) is 2. The third kappa shape index (κ3) is 3.50. The molecule has 1 aromatic heterocycles. The molecule has 0 radical (unpaired) electrons. The number of H-pyrrole nitrogens is 1. The van der Waals surface area contributed by atoms with Crippen LogP contribution in [0.4, 0.5) is 5.69 Å². The van der Waals surface area contributed by atoms with E-state index in [-0.39, 0.29) is 17.9 Å². The number of benzene rings is 2. The molecule has 2 N–H and O–H groups in total. The van der Waals surface area contributed by atoms with E-state index in [0.29, 0.717) is 25.2 Å². The molecule has 1 aliphatic heterocycles. The number of aryl methyl sites for hydroxylation is 1. The monoisotopic (exact) mass is 376 g/mol. The number of rotatable bonds is 5. The Morgan fingerprint density at radius 3 is 2.93 bits per heavy atom. The number of aromatic nitrogens is 2. The van der Waals surface area contributed by atoms with Crippen molar-refractivity contribution in [1.82, 2.24) is 15.3 Å². The number of carbonyl (C=O) groups is 2. The average molecular weight is 376 g/mol. The number of amides is 2. The van der Waals surface area contributed by atoms with Gasteiger partial charge in [0.15, 0.2) is 5.82 Å². The molecule has 6 heteroatoms. The maximum atomic E-state index is 12.7. The number of nitrogens with zero attached hydrogens (tertiary/aromatic N) is 2. The van der Waals surface area contributed by atoms with E-state index >= 15 is 0 Å². The molecule has 0 unspecified atom stereocenters. The summed E-state index contributed by atoms with van der Waals surface area (Å²) >= 11 is 0. The van der Waals surface area contributed by atoms with Crippen molar-refractivity contribution < 1.29 is 9.59 Å². The van der Waals surface area contributed by atoms with Crippen LogP contribution in [0.5, 0.6) is 0 Å². The smallest absolute Gasteiger partial charge is 0.287 e. The third-order valence-corrected chi connectivity index (χ3v) is 5.18. The van der Waals surface area contributed by atoms with Crippen molar-refractivity contribution in [3.63, 3.8) is 0 Å². The van der Waals surface area contributed by atoms with Gasteiger partial charge in [-0.15, -0.1) is 0 Å². The summed E-state index contributed by atoms with van der Waals surface area (Å²) < 4.78 is 0. The predicted octanol–water partition coefficient (Wildman–Crippen LogP) is 3.36. The zero-order valence-electron chi connectivity index (χ0n) is 16.2. The number of para-hydroxylation sites is 1. The highest BCUT2D eigenvalue weighted by Gasteiger charge is 2.29. The Labute approximate surface area is 164 Å². The molecule has 0 spiro atoms. The first-order valence-corrected chi connectivity index (χ1v) is 9.67. The third-order valence-electron chi connectivity index (χ3n) is 5.18. The van der Waals surface area contributed by atoms with Gasteiger partial charge in [-0.2, -0.15) is 0 Å².